The lowest BCUT2D eigenvalue weighted by Crippen LogP contribution is -2.31. The number of anilines is 1. The molecule has 8 nitrogen and oxygen atoms in total. The van der Waals surface area contributed by atoms with Crippen molar-refractivity contribution in [1.82, 2.24) is 14.9 Å². The molecule has 2 aromatic rings. The minimum Gasteiger partial charge on any atom is -0.464 e. The van der Waals surface area contributed by atoms with Crippen LogP contribution in [0.1, 0.15) is 40.5 Å². The predicted molar refractivity (Wildman–Crippen MR) is 92.9 cm³/mol. The molecule has 0 bridgehead atoms. The number of fused-ring (bicyclic) bond motifs is 1. The number of imide groups is 1. The van der Waals surface area contributed by atoms with E-state index >= 15 is 0 Å². The van der Waals surface area contributed by atoms with E-state index in [1.165, 1.54) is 17.3 Å². The Bertz CT molecular complexity index is 800. The highest BCUT2D eigenvalue weighted by Crippen LogP contribution is 2.22. The minimum absolute atomic E-state index is 0.167. The maximum atomic E-state index is 12.2. The molecule has 134 valence electrons. The average molecular weight is 354 g/mol. The molecule has 0 fully saturated rings. The summed E-state index contributed by atoms with van der Waals surface area (Å²) in [6, 6.07) is 6.96. The van der Waals surface area contributed by atoms with Gasteiger partial charge in [0.1, 0.15) is 0 Å². The first kappa shape index (κ1) is 17.5. The highest BCUT2D eigenvalue weighted by molar-refractivity contribution is 6.21. The number of hydrogen-bond acceptors (Lipinski definition) is 6. The van der Waals surface area contributed by atoms with E-state index in [1.807, 2.05) is 6.92 Å². The minimum atomic E-state index is -0.314. The third-order valence-electron chi connectivity index (χ3n) is 3.85. The monoisotopic (exact) mass is 354 g/mol. The maximum absolute atomic E-state index is 12.2. The van der Waals surface area contributed by atoms with Gasteiger partial charge in [-0.3, -0.25) is 19.3 Å². The number of rotatable bonds is 7. The van der Waals surface area contributed by atoms with Crippen molar-refractivity contribution in [1.29, 1.82) is 0 Å². The van der Waals surface area contributed by atoms with Crippen molar-refractivity contribution in [3.63, 3.8) is 0 Å². The van der Waals surface area contributed by atoms with Crippen LogP contribution in [0, 0.1) is 0 Å². The smallest absolute Gasteiger partial charge is 0.316 e. The fraction of sp³-hybridized carbons (Fsp3) is 0.278. The fourth-order valence-corrected chi connectivity index (χ4v) is 2.65. The number of nitrogens with zero attached hydrogens (tertiary/aromatic N) is 3. The van der Waals surface area contributed by atoms with Crippen molar-refractivity contribution in [2.45, 2.75) is 19.8 Å². The number of nitrogens with one attached hydrogen (secondary N) is 1. The molecule has 1 aromatic heterocycles. The van der Waals surface area contributed by atoms with Gasteiger partial charge in [-0.05, 0) is 25.5 Å². The molecule has 0 saturated heterocycles. The van der Waals surface area contributed by atoms with Crippen molar-refractivity contribution in [2.75, 3.05) is 18.5 Å². The topological polar surface area (TPSA) is 101 Å². The summed E-state index contributed by atoms with van der Waals surface area (Å²) in [4.78, 5) is 45.6. The van der Waals surface area contributed by atoms with Gasteiger partial charge in [0.2, 0.25) is 5.91 Å². The second-order valence-corrected chi connectivity index (χ2v) is 5.65. The molecular formula is C18H18N4O4. The Morgan fingerprint density at radius 1 is 1.12 bits per heavy atom. The lowest BCUT2D eigenvalue weighted by molar-refractivity contribution is -0.116. The normalized spacial score (nSPS) is 12.9. The Hall–Kier alpha value is -3.29. The van der Waals surface area contributed by atoms with E-state index in [2.05, 4.69) is 15.3 Å². The van der Waals surface area contributed by atoms with Crippen molar-refractivity contribution in [3.05, 3.63) is 47.8 Å². The van der Waals surface area contributed by atoms with Crippen molar-refractivity contribution in [3.8, 4) is 6.01 Å². The molecular weight excluding hydrogens is 336 g/mol. The molecule has 1 aliphatic heterocycles. The third kappa shape index (κ3) is 3.69. The maximum Gasteiger partial charge on any atom is 0.316 e. The van der Waals surface area contributed by atoms with Gasteiger partial charge in [0.05, 0.1) is 35.8 Å². The Labute approximate surface area is 150 Å². The lowest BCUT2D eigenvalue weighted by atomic mass is 10.1. The zero-order valence-electron chi connectivity index (χ0n) is 14.3. The lowest BCUT2D eigenvalue weighted by Gasteiger charge is -2.13. The van der Waals surface area contributed by atoms with Gasteiger partial charge >= 0.3 is 6.01 Å². The summed E-state index contributed by atoms with van der Waals surface area (Å²) in [5.74, 6) is -0.869. The first-order valence-electron chi connectivity index (χ1n) is 8.30. The zero-order valence-corrected chi connectivity index (χ0v) is 14.3. The number of carbonyl (C=O) groups is 3. The molecule has 2 heterocycles. The quantitative estimate of drug-likeness (QED) is 0.762. The van der Waals surface area contributed by atoms with E-state index < -0.39 is 0 Å². The van der Waals surface area contributed by atoms with Gasteiger partial charge in [-0.1, -0.05) is 12.1 Å². The number of carbonyl (C=O) groups excluding carboxylic acids is 3. The van der Waals surface area contributed by atoms with Gasteiger partial charge in [0, 0.05) is 13.0 Å². The molecule has 1 aromatic carbocycles. The SMILES string of the molecule is CCOc1ncc(NC(=O)CCCN2C(=O)c3ccccc3C2=O)cn1. The van der Waals surface area contributed by atoms with Crippen LogP contribution in [-0.2, 0) is 4.79 Å². The van der Waals surface area contributed by atoms with Gasteiger partial charge in [0.15, 0.2) is 0 Å². The van der Waals surface area contributed by atoms with Gasteiger partial charge in [-0.2, -0.15) is 0 Å². The summed E-state index contributed by atoms with van der Waals surface area (Å²) in [5, 5.41) is 2.67. The van der Waals surface area contributed by atoms with Crippen LogP contribution in [0.2, 0.25) is 0 Å². The van der Waals surface area contributed by atoms with Crippen LogP contribution in [0.25, 0.3) is 0 Å². The third-order valence-corrected chi connectivity index (χ3v) is 3.85. The largest absolute Gasteiger partial charge is 0.464 e. The molecule has 0 radical (unpaired) electrons. The Balaban J connectivity index is 1.48. The summed E-state index contributed by atoms with van der Waals surface area (Å²) in [6.07, 6.45) is 3.45. The van der Waals surface area contributed by atoms with E-state index in [-0.39, 0.29) is 36.7 Å². The fourth-order valence-electron chi connectivity index (χ4n) is 2.65. The Morgan fingerprint density at radius 3 is 2.31 bits per heavy atom. The molecule has 8 heteroatoms. The second-order valence-electron chi connectivity index (χ2n) is 5.65. The molecule has 0 saturated carbocycles. The predicted octanol–water partition coefficient (Wildman–Crippen LogP) is 1.89. The van der Waals surface area contributed by atoms with Crippen LogP contribution in [-0.4, -0.2) is 45.7 Å². The highest BCUT2D eigenvalue weighted by atomic mass is 16.5. The Morgan fingerprint density at radius 2 is 1.73 bits per heavy atom. The molecule has 3 amide bonds. The van der Waals surface area contributed by atoms with Gasteiger partial charge < -0.3 is 10.1 Å². The van der Waals surface area contributed by atoms with E-state index in [9.17, 15) is 14.4 Å². The van der Waals surface area contributed by atoms with Crippen molar-refractivity contribution >= 4 is 23.4 Å². The number of ether oxygens (including phenoxy) is 1. The first-order valence-corrected chi connectivity index (χ1v) is 8.30. The van der Waals surface area contributed by atoms with E-state index in [0.717, 1.165) is 0 Å². The van der Waals surface area contributed by atoms with Crippen LogP contribution in [0.5, 0.6) is 6.01 Å². The molecule has 26 heavy (non-hydrogen) atoms. The summed E-state index contributed by atoms with van der Waals surface area (Å²) in [7, 11) is 0. The zero-order chi connectivity index (χ0) is 18.5. The summed E-state index contributed by atoms with van der Waals surface area (Å²) < 4.78 is 5.13. The van der Waals surface area contributed by atoms with Crippen LogP contribution >= 0.6 is 0 Å². The van der Waals surface area contributed by atoms with Crippen LogP contribution in [0.15, 0.2) is 36.7 Å². The number of aromatic nitrogens is 2. The van der Waals surface area contributed by atoms with Crippen molar-refractivity contribution < 1.29 is 19.1 Å². The molecule has 3 rings (SSSR count). The molecule has 1 N–H and O–H groups in total. The van der Waals surface area contributed by atoms with Crippen LogP contribution in [0.3, 0.4) is 0 Å². The molecule has 0 aliphatic carbocycles. The number of hydrogen-bond donors (Lipinski definition) is 1. The Kier molecular flexibility index (Phi) is 5.21. The molecule has 0 spiro atoms. The summed E-state index contributed by atoms with van der Waals surface area (Å²) in [5.41, 5.74) is 1.28. The summed E-state index contributed by atoms with van der Waals surface area (Å²) in [6.45, 7) is 2.48. The summed E-state index contributed by atoms with van der Waals surface area (Å²) >= 11 is 0. The van der Waals surface area contributed by atoms with Crippen LogP contribution in [0.4, 0.5) is 5.69 Å². The standard InChI is InChI=1S/C18H18N4O4/c1-2-26-18-19-10-12(11-20-18)21-15(23)8-5-9-22-16(24)13-6-3-4-7-14(13)17(22)25/h3-4,6-7,10-11H,2,5,8-9H2,1H3,(H,21,23). The van der Waals surface area contributed by atoms with E-state index in [4.69, 9.17) is 4.74 Å². The van der Waals surface area contributed by atoms with Gasteiger partial charge in [0.25, 0.3) is 11.8 Å². The van der Waals surface area contributed by atoms with Crippen LogP contribution < -0.4 is 10.1 Å². The first-order chi connectivity index (χ1) is 12.6. The molecule has 0 unspecified atom stereocenters. The highest BCUT2D eigenvalue weighted by Gasteiger charge is 2.34. The van der Waals surface area contributed by atoms with Gasteiger partial charge in [-0.25, -0.2) is 9.97 Å². The molecule has 0 atom stereocenters. The molecule has 1 aliphatic rings. The van der Waals surface area contributed by atoms with E-state index in [0.29, 0.717) is 29.8 Å². The number of benzene rings is 1. The van der Waals surface area contributed by atoms with Crippen molar-refractivity contribution in [2.24, 2.45) is 0 Å². The average Bonchev–Trinajstić information content (AvgIpc) is 2.89. The van der Waals surface area contributed by atoms with E-state index in [1.54, 1.807) is 24.3 Å². The second kappa shape index (κ2) is 7.73. The number of amides is 3. The van der Waals surface area contributed by atoms with Gasteiger partial charge in [-0.15, -0.1) is 0 Å².